The first-order chi connectivity index (χ1) is 11.3. The zero-order valence-corrected chi connectivity index (χ0v) is 17.4. The number of carbonyl (C=O) groups is 1. The van der Waals surface area contributed by atoms with Crippen LogP contribution in [0.5, 0.6) is 0 Å². The van der Waals surface area contributed by atoms with Crippen LogP contribution in [-0.4, -0.2) is 60.7 Å². The summed E-state index contributed by atoms with van der Waals surface area (Å²) in [7, 11) is -3.31. The Labute approximate surface area is 152 Å². The monoisotopic (exact) mass is 374 g/mol. The van der Waals surface area contributed by atoms with Gasteiger partial charge >= 0.3 is 6.09 Å². The van der Waals surface area contributed by atoms with Crippen LogP contribution in [0.15, 0.2) is 0 Å². The summed E-state index contributed by atoms with van der Waals surface area (Å²) in [5.74, 6) is 0. The van der Waals surface area contributed by atoms with Gasteiger partial charge in [0.05, 0.1) is 6.26 Å². The summed E-state index contributed by atoms with van der Waals surface area (Å²) in [6.07, 6.45) is 5.47. The van der Waals surface area contributed by atoms with Gasteiger partial charge in [0.1, 0.15) is 5.60 Å². The van der Waals surface area contributed by atoms with E-state index in [1.807, 2.05) is 20.8 Å². The lowest BCUT2D eigenvalue weighted by atomic mass is 9.75. The maximum absolute atomic E-state index is 12.5. The van der Waals surface area contributed by atoms with Crippen LogP contribution in [0.1, 0.15) is 66.7 Å². The van der Waals surface area contributed by atoms with E-state index in [9.17, 15) is 13.2 Å². The average Bonchev–Trinajstić information content (AvgIpc) is 2.87. The molecule has 146 valence electrons. The van der Waals surface area contributed by atoms with Gasteiger partial charge in [-0.15, -0.1) is 0 Å². The van der Waals surface area contributed by atoms with E-state index in [0.717, 1.165) is 25.7 Å². The fraction of sp³-hybridized carbons (Fsp3) is 0.944. The van der Waals surface area contributed by atoms with Crippen LogP contribution in [0.25, 0.3) is 0 Å². The van der Waals surface area contributed by atoms with Gasteiger partial charge in [-0.1, -0.05) is 13.8 Å². The molecule has 1 heterocycles. The topological polar surface area (TPSA) is 66.9 Å². The predicted molar refractivity (Wildman–Crippen MR) is 98.9 cm³/mol. The maximum Gasteiger partial charge on any atom is 0.410 e. The summed E-state index contributed by atoms with van der Waals surface area (Å²) < 4.78 is 32.1. The third-order valence-corrected chi connectivity index (χ3v) is 6.59. The molecular formula is C18H34N2O4S. The molecule has 0 spiro atoms. The molecule has 0 radical (unpaired) electrons. The molecule has 1 aliphatic carbocycles. The first-order valence-corrected chi connectivity index (χ1v) is 11.1. The molecule has 2 fully saturated rings. The first kappa shape index (κ1) is 20.5. The Balaban J connectivity index is 2.07. The van der Waals surface area contributed by atoms with Crippen molar-refractivity contribution < 1.29 is 17.9 Å². The summed E-state index contributed by atoms with van der Waals surface area (Å²) in [6.45, 7) is 11.0. The molecule has 0 aromatic carbocycles. The van der Waals surface area contributed by atoms with Crippen LogP contribution in [-0.2, 0) is 14.8 Å². The summed E-state index contributed by atoms with van der Waals surface area (Å²) in [4.78, 5) is 13.9. The third-order valence-electron chi connectivity index (χ3n) is 5.23. The molecule has 1 saturated heterocycles. The van der Waals surface area contributed by atoms with Gasteiger partial charge in [-0.3, -0.25) is 0 Å². The molecule has 0 unspecified atom stereocenters. The highest BCUT2D eigenvalue weighted by Crippen LogP contribution is 2.39. The second-order valence-electron chi connectivity index (χ2n) is 9.36. The van der Waals surface area contributed by atoms with Gasteiger partial charge in [-0.05, 0) is 58.3 Å². The van der Waals surface area contributed by atoms with Gasteiger partial charge in [0.2, 0.25) is 10.0 Å². The minimum atomic E-state index is -3.31. The Morgan fingerprint density at radius 2 is 1.68 bits per heavy atom. The van der Waals surface area contributed by atoms with E-state index in [4.69, 9.17) is 4.74 Å². The molecule has 1 atom stereocenters. The molecule has 0 bridgehead atoms. The smallest absolute Gasteiger partial charge is 0.410 e. The maximum atomic E-state index is 12.5. The minimum Gasteiger partial charge on any atom is -0.444 e. The number of hydrogen-bond acceptors (Lipinski definition) is 4. The van der Waals surface area contributed by atoms with Crippen molar-refractivity contribution in [1.82, 2.24) is 9.21 Å². The highest BCUT2D eigenvalue weighted by Gasteiger charge is 2.41. The van der Waals surface area contributed by atoms with Gasteiger partial charge in [0, 0.05) is 25.2 Å². The van der Waals surface area contributed by atoms with Crippen LogP contribution in [0.4, 0.5) is 4.79 Å². The number of carbonyl (C=O) groups excluding carboxylic acids is 1. The lowest BCUT2D eigenvalue weighted by Crippen LogP contribution is -2.50. The number of nitrogens with zero attached hydrogens (tertiary/aromatic N) is 2. The standard InChI is InChI=1S/C18H34N2O4S/c1-17(2,3)24-16(21)19-12-9-15(13-19)20(25(6,22)23)14-7-10-18(4,5)11-8-14/h14-15H,7-13H2,1-6H3/t15-/m0/s1. The fourth-order valence-electron chi connectivity index (χ4n) is 3.92. The summed E-state index contributed by atoms with van der Waals surface area (Å²) in [5.41, 5.74) is -0.251. The van der Waals surface area contributed by atoms with E-state index in [-0.39, 0.29) is 23.6 Å². The first-order valence-electron chi connectivity index (χ1n) is 9.25. The van der Waals surface area contributed by atoms with Crippen molar-refractivity contribution in [1.29, 1.82) is 0 Å². The van der Waals surface area contributed by atoms with Crippen molar-refractivity contribution >= 4 is 16.1 Å². The van der Waals surface area contributed by atoms with Gasteiger partial charge < -0.3 is 9.64 Å². The van der Waals surface area contributed by atoms with Crippen molar-refractivity contribution in [3.8, 4) is 0 Å². The van der Waals surface area contributed by atoms with Crippen molar-refractivity contribution in [2.24, 2.45) is 5.41 Å². The molecule has 1 aliphatic heterocycles. The number of rotatable bonds is 3. The molecule has 2 aliphatic rings. The quantitative estimate of drug-likeness (QED) is 0.761. The number of ether oxygens (including phenoxy) is 1. The minimum absolute atomic E-state index is 0.0478. The van der Waals surface area contributed by atoms with Crippen molar-refractivity contribution in [3.05, 3.63) is 0 Å². The Morgan fingerprint density at radius 3 is 2.16 bits per heavy atom. The molecule has 0 aromatic heterocycles. The zero-order valence-electron chi connectivity index (χ0n) is 16.5. The van der Waals surface area contributed by atoms with Crippen LogP contribution in [0, 0.1) is 5.41 Å². The largest absolute Gasteiger partial charge is 0.444 e. The van der Waals surface area contributed by atoms with Crippen LogP contribution >= 0.6 is 0 Å². The normalized spacial score (nSPS) is 25.4. The Bertz CT molecular complexity index is 585. The van der Waals surface area contributed by atoms with E-state index in [1.54, 1.807) is 9.21 Å². The zero-order chi connectivity index (χ0) is 19.0. The Hall–Kier alpha value is -0.820. The van der Waals surface area contributed by atoms with Crippen molar-refractivity contribution in [3.63, 3.8) is 0 Å². The lowest BCUT2D eigenvalue weighted by molar-refractivity contribution is 0.0281. The van der Waals surface area contributed by atoms with E-state index >= 15 is 0 Å². The third kappa shape index (κ3) is 5.58. The molecule has 1 amide bonds. The van der Waals surface area contributed by atoms with Gasteiger partial charge in [0.25, 0.3) is 0 Å². The van der Waals surface area contributed by atoms with E-state index in [2.05, 4.69) is 13.8 Å². The van der Waals surface area contributed by atoms with E-state index < -0.39 is 15.6 Å². The molecule has 0 N–H and O–H groups in total. The Kier molecular flexibility index (Phi) is 5.79. The number of sulfonamides is 1. The van der Waals surface area contributed by atoms with Gasteiger partial charge in [-0.25, -0.2) is 13.2 Å². The average molecular weight is 375 g/mol. The second kappa shape index (κ2) is 7.06. The molecule has 0 aromatic rings. The number of hydrogen-bond donors (Lipinski definition) is 0. The number of likely N-dealkylation sites (tertiary alicyclic amines) is 1. The lowest BCUT2D eigenvalue weighted by Gasteiger charge is -2.41. The van der Waals surface area contributed by atoms with E-state index in [0.29, 0.717) is 19.5 Å². The molecule has 6 nitrogen and oxygen atoms in total. The second-order valence-corrected chi connectivity index (χ2v) is 11.2. The SMILES string of the molecule is CC1(C)CCC(N([C@H]2CCN(C(=O)OC(C)(C)C)C2)S(C)(=O)=O)CC1. The van der Waals surface area contributed by atoms with Crippen LogP contribution in [0.3, 0.4) is 0 Å². The molecule has 2 rings (SSSR count). The summed E-state index contributed by atoms with van der Waals surface area (Å²) >= 11 is 0. The Morgan fingerprint density at radius 1 is 1.12 bits per heavy atom. The van der Waals surface area contributed by atoms with Gasteiger partial charge in [-0.2, -0.15) is 4.31 Å². The molecule has 1 saturated carbocycles. The van der Waals surface area contributed by atoms with Crippen LogP contribution in [0.2, 0.25) is 0 Å². The molecular weight excluding hydrogens is 340 g/mol. The highest BCUT2D eigenvalue weighted by molar-refractivity contribution is 7.88. The van der Waals surface area contributed by atoms with Crippen molar-refractivity contribution in [2.45, 2.75) is 84.4 Å². The predicted octanol–water partition coefficient (Wildman–Crippen LogP) is 3.23. The molecule has 25 heavy (non-hydrogen) atoms. The van der Waals surface area contributed by atoms with Crippen LogP contribution < -0.4 is 0 Å². The highest BCUT2D eigenvalue weighted by atomic mass is 32.2. The van der Waals surface area contributed by atoms with Crippen molar-refractivity contribution in [2.75, 3.05) is 19.3 Å². The summed E-state index contributed by atoms with van der Waals surface area (Å²) in [5, 5.41) is 0. The number of amides is 1. The van der Waals surface area contributed by atoms with Gasteiger partial charge in [0.15, 0.2) is 0 Å². The fourth-order valence-corrected chi connectivity index (χ4v) is 5.39. The summed E-state index contributed by atoms with van der Waals surface area (Å²) in [6, 6.07) is -0.0969. The molecule has 7 heteroatoms. The van der Waals surface area contributed by atoms with E-state index in [1.165, 1.54) is 6.26 Å².